The first-order chi connectivity index (χ1) is 4.05. The number of nitrogens with one attached hydrogen (secondary N) is 2. The summed E-state index contributed by atoms with van der Waals surface area (Å²) in [4.78, 5) is 21.3. The van der Waals surface area contributed by atoms with Gasteiger partial charge in [0.25, 0.3) is 11.8 Å². The Morgan fingerprint density at radius 3 is 1.78 bits per heavy atom. The zero-order valence-corrected chi connectivity index (χ0v) is 5.66. The van der Waals surface area contributed by atoms with Crippen LogP contribution in [0.4, 0.5) is 0 Å². The molecule has 0 bridgehead atoms. The number of amides is 2. The van der Waals surface area contributed by atoms with Crippen LogP contribution >= 0.6 is 12.6 Å². The summed E-state index contributed by atoms with van der Waals surface area (Å²) in [6.07, 6.45) is 0. The summed E-state index contributed by atoms with van der Waals surface area (Å²) in [6.45, 7) is 1.44. The van der Waals surface area contributed by atoms with E-state index in [-0.39, 0.29) is 0 Å². The molecule has 9 heavy (non-hydrogen) atoms. The van der Waals surface area contributed by atoms with Gasteiger partial charge in [0.1, 0.15) is 0 Å². The van der Waals surface area contributed by atoms with Gasteiger partial charge in [-0.05, 0) is 6.92 Å². The first-order valence-corrected chi connectivity index (χ1v) is 2.83. The fourth-order valence-corrected chi connectivity index (χ4v) is 0.572. The number of hydrogen-bond acceptors (Lipinski definition) is 3. The number of rotatable bonds is 0. The Bertz CT molecular complexity index is 159. The molecule has 0 atom stereocenters. The molecule has 1 heterocycles. The van der Waals surface area contributed by atoms with Crippen LogP contribution in [0.5, 0.6) is 0 Å². The second-order valence-electron chi connectivity index (χ2n) is 1.98. The Morgan fingerprint density at radius 1 is 1.33 bits per heavy atom. The molecule has 0 spiro atoms. The lowest BCUT2D eigenvalue weighted by Crippen LogP contribution is -2.33. The molecule has 4 nitrogen and oxygen atoms in total. The number of thiol groups is 1. The van der Waals surface area contributed by atoms with Gasteiger partial charge in [0.05, 0.1) is 0 Å². The van der Waals surface area contributed by atoms with Gasteiger partial charge in [-0.15, -0.1) is 0 Å². The Labute approximate surface area is 57.4 Å². The molecule has 1 aliphatic rings. The maximum absolute atomic E-state index is 10.6. The van der Waals surface area contributed by atoms with Gasteiger partial charge in [0.15, 0.2) is 4.75 Å². The molecule has 1 aliphatic heterocycles. The predicted molar refractivity (Wildman–Crippen MR) is 33.7 cm³/mol. The molecule has 2 N–H and O–H groups in total. The van der Waals surface area contributed by atoms with Crippen molar-refractivity contribution in [2.24, 2.45) is 0 Å². The van der Waals surface area contributed by atoms with Gasteiger partial charge >= 0.3 is 0 Å². The molecule has 0 aliphatic carbocycles. The monoisotopic (exact) mass is 146 g/mol. The predicted octanol–water partition coefficient (Wildman–Crippen LogP) is -1.16. The van der Waals surface area contributed by atoms with Crippen molar-refractivity contribution in [3.63, 3.8) is 0 Å². The third kappa shape index (κ3) is 0.769. The summed E-state index contributed by atoms with van der Waals surface area (Å²) in [5, 5.41) is 0. The highest BCUT2D eigenvalue weighted by molar-refractivity contribution is 7.83. The minimum absolute atomic E-state index is 0.407. The van der Waals surface area contributed by atoms with Gasteiger partial charge in [-0.1, -0.05) is 0 Å². The zero-order chi connectivity index (χ0) is 7.07. The number of carbonyl (C=O) groups is 2. The highest BCUT2D eigenvalue weighted by atomic mass is 32.1. The molecule has 1 fully saturated rings. The lowest BCUT2D eigenvalue weighted by atomic mass is 10.2. The third-order valence-corrected chi connectivity index (χ3v) is 1.58. The minimum Gasteiger partial charge on any atom is -0.271 e. The maximum Gasteiger partial charge on any atom is 0.263 e. The fraction of sp³-hybridized carbons (Fsp3) is 0.500. The van der Waals surface area contributed by atoms with E-state index in [1.165, 1.54) is 6.92 Å². The van der Waals surface area contributed by atoms with E-state index in [1.807, 2.05) is 0 Å². The maximum atomic E-state index is 10.6. The van der Waals surface area contributed by atoms with Gasteiger partial charge in [0, 0.05) is 0 Å². The van der Waals surface area contributed by atoms with E-state index in [1.54, 1.807) is 0 Å². The summed E-state index contributed by atoms with van der Waals surface area (Å²) in [5.41, 5.74) is 4.29. The molecule has 0 radical (unpaired) electrons. The number of hydrogen-bond donors (Lipinski definition) is 3. The van der Waals surface area contributed by atoms with Crippen molar-refractivity contribution in [3.8, 4) is 0 Å². The Kier molecular flexibility index (Phi) is 1.16. The smallest absolute Gasteiger partial charge is 0.263 e. The first-order valence-electron chi connectivity index (χ1n) is 2.38. The van der Waals surface area contributed by atoms with Crippen molar-refractivity contribution in [1.29, 1.82) is 0 Å². The lowest BCUT2D eigenvalue weighted by molar-refractivity contribution is -0.125. The van der Waals surface area contributed by atoms with Crippen LogP contribution < -0.4 is 10.9 Å². The Balaban J connectivity index is 2.91. The van der Waals surface area contributed by atoms with Crippen molar-refractivity contribution in [2.75, 3.05) is 0 Å². The van der Waals surface area contributed by atoms with Crippen LogP contribution in [-0.4, -0.2) is 16.6 Å². The van der Waals surface area contributed by atoms with Crippen LogP contribution in [-0.2, 0) is 9.59 Å². The van der Waals surface area contributed by atoms with Gasteiger partial charge in [-0.25, -0.2) is 0 Å². The van der Waals surface area contributed by atoms with E-state index in [0.717, 1.165) is 0 Å². The van der Waals surface area contributed by atoms with Crippen LogP contribution in [0.2, 0.25) is 0 Å². The topological polar surface area (TPSA) is 58.2 Å². The normalized spacial score (nSPS) is 23.3. The molecule has 50 valence electrons. The van der Waals surface area contributed by atoms with E-state index in [4.69, 9.17) is 0 Å². The zero-order valence-electron chi connectivity index (χ0n) is 4.76. The fourth-order valence-electron chi connectivity index (χ4n) is 0.460. The molecule has 0 aromatic rings. The van der Waals surface area contributed by atoms with Crippen molar-refractivity contribution < 1.29 is 9.59 Å². The third-order valence-electron chi connectivity index (χ3n) is 1.17. The molecule has 0 unspecified atom stereocenters. The summed E-state index contributed by atoms with van der Waals surface area (Å²) in [5.74, 6) is -0.813. The SMILES string of the molecule is CC1(S)C(=O)NNC1=O. The van der Waals surface area contributed by atoms with Crippen LogP contribution in [0.15, 0.2) is 0 Å². The van der Waals surface area contributed by atoms with E-state index < -0.39 is 16.6 Å². The average molecular weight is 146 g/mol. The van der Waals surface area contributed by atoms with Gasteiger partial charge in [-0.3, -0.25) is 20.4 Å². The largest absolute Gasteiger partial charge is 0.271 e. The number of carbonyl (C=O) groups excluding carboxylic acids is 2. The summed E-state index contributed by atoms with van der Waals surface area (Å²) in [7, 11) is 0. The summed E-state index contributed by atoms with van der Waals surface area (Å²) >= 11 is 3.81. The van der Waals surface area contributed by atoms with Crippen LogP contribution in [0, 0.1) is 0 Å². The van der Waals surface area contributed by atoms with Gasteiger partial charge in [0.2, 0.25) is 0 Å². The molecule has 1 rings (SSSR count). The van der Waals surface area contributed by atoms with E-state index >= 15 is 0 Å². The molecular formula is C4H6N2O2S. The molecular weight excluding hydrogens is 140 g/mol. The Morgan fingerprint density at radius 2 is 1.67 bits per heavy atom. The molecule has 2 amide bonds. The van der Waals surface area contributed by atoms with Gasteiger partial charge < -0.3 is 0 Å². The average Bonchev–Trinajstić information content (AvgIpc) is 1.96. The van der Waals surface area contributed by atoms with E-state index in [0.29, 0.717) is 0 Å². The molecule has 0 saturated carbocycles. The van der Waals surface area contributed by atoms with Crippen molar-refractivity contribution in [2.45, 2.75) is 11.7 Å². The summed E-state index contributed by atoms with van der Waals surface area (Å²) < 4.78 is -1.19. The van der Waals surface area contributed by atoms with Crippen LogP contribution in [0.3, 0.4) is 0 Å². The van der Waals surface area contributed by atoms with Crippen LogP contribution in [0.25, 0.3) is 0 Å². The summed E-state index contributed by atoms with van der Waals surface area (Å²) in [6, 6.07) is 0. The van der Waals surface area contributed by atoms with E-state index in [9.17, 15) is 9.59 Å². The lowest BCUT2D eigenvalue weighted by Gasteiger charge is -2.05. The van der Waals surface area contributed by atoms with E-state index in [2.05, 4.69) is 23.5 Å². The molecule has 0 aromatic carbocycles. The van der Waals surface area contributed by atoms with Crippen molar-refractivity contribution in [1.82, 2.24) is 10.9 Å². The minimum atomic E-state index is -1.19. The molecule has 1 saturated heterocycles. The highest BCUT2D eigenvalue weighted by Gasteiger charge is 2.42. The Hall–Kier alpha value is -0.710. The number of hydrazine groups is 1. The molecule has 5 heteroatoms. The van der Waals surface area contributed by atoms with Gasteiger partial charge in [-0.2, -0.15) is 12.6 Å². The second-order valence-corrected chi connectivity index (χ2v) is 2.87. The molecule has 0 aromatic heterocycles. The quantitative estimate of drug-likeness (QED) is 0.298. The first kappa shape index (κ1) is 6.41. The second kappa shape index (κ2) is 1.63. The highest BCUT2D eigenvalue weighted by Crippen LogP contribution is 2.16. The van der Waals surface area contributed by atoms with Crippen LogP contribution in [0.1, 0.15) is 6.92 Å². The standard InChI is InChI=1S/C4H6N2O2S/c1-4(9)2(7)5-6-3(4)8/h9H,1H3,(H,5,7)(H,6,8). The van der Waals surface area contributed by atoms with Crippen molar-refractivity contribution in [3.05, 3.63) is 0 Å². The van der Waals surface area contributed by atoms with Crippen molar-refractivity contribution >= 4 is 24.4 Å².